The fourth-order valence-corrected chi connectivity index (χ4v) is 3.39. The molecule has 1 amide bonds. The molecule has 2 heterocycles. The number of sulfonamides is 1. The maximum atomic E-state index is 12.4. The summed E-state index contributed by atoms with van der Waals surface area (Å²) in [7, 11) is -0.582. The summed E-state index contributed by atoms with van der Waals surface area (Å²) in [6.07, 6.45) is 1.33. The molecule has 1 aromatic rings. The zero-order chi connectivity index (χ0) is 13.5. The zero-order valence-electron chi connectivity index (χ0n) is 10.2. The van der Waals surface area contributed by atoms with Gasteiger partial charge in [0.25, 0.3) is 10.0 Å². The average Bonchev–Trinajstić information content (AvgIpc) is 2.62. The minimum absolute atomic E-state index is 0.0520. The van der Waals surface area contributed by atoms with Crippen molar-refractivity contribution in [2.24, 2.45) is 7.05 Å². The summed E-state index contributed by atoms with van der Waals surface area (Å²) in [5.74, 6) is -0.283. The lowest BCUT2D eigenvalue weighted by molar-refractivity contribution is -0.132. The summed E-state index contributed by atoms with van der Waals surface area (Å²) in [5, 5.41) is -0.0696. The maximum Gasteiger partial charge on any atom is 0.263 e. The van der Waals surface area contributed by atoms with Crippen molar-refractivity contribution >= 4 is 21.7 Å². The molecule has 18 heavy (non-hydrogen) atoms. The number of nitrogens with two attached hydrogens (primary N) is 1. The van der Waals surface area contributed by atoms with Gasteiger partial charge in [0, 0.05) is 27.2 Å². The number of hydrogen-bond acceptors (Lipinski definition) is 5. The van der Waals surface area contributed by atoms with Gasteiger partial charge in [-0.05, 0) is 0 Å². The summed E-state index contributed by atoms with van der Waals surface area (Å²) in [5.41, 5.74) is 5.56. The van der Waals surface area contributed by atoms with Gasteiger partial charge in [0.1, 0.15) is 0 Å². The molecule has 2 rings (SSSR count). The number of piperazine rings is 1. The zero-order valence-corrected chi connectivity index (χ0v) is 11.0. The summed E-state index contributed by atoms with van der Waals surface area (Å²) in [6.45, 7) is 0.467. The molecule has 0 spiro atoms. The van der Waals surface area contributed by atoms with E-state index in [0.717, 1.165) is 4.31 Å². The van der Waals surface area contributed by atoms with E-state index in [4.69, 9.17) is 5.73 Å². The second kappa shape index (κ2) is 4.25. The number of nitrogen functional groups attached to an aromatic ring is 1. The summed E-state index contributed by atoms with van der Waals surface area (Å²) < 4.78 is 27.2. The molecule has 0 unspecified atom stereocenters. The lowest BCUT2D eigenvalue weighted by Crippen LogP contribution is -2.50. The monoisotopic (exact) mass is 273 g/mol. The molecule has 0 radical (unpaired) electrons. The Hall–Kier alpha value is -1.61. The van der Waals surface area contributed by atoms with Crippen LogP contribution in [0.5, 0.6) is 0 Å². The van der Waals surface area contributed by atoms with E-state index in [2.05, 4.69) is 4.98 Å². The molecule has 1 fully saturated rings. The van der Waals surface area contributed by atoms with Gasteiger partial charge in [0.05, 0.1) is 12.9 Å². The highest BCUT2D eigenvalue weighted by molar-refractivity contribution is 7.89. The predicted molar refractivity (Wildman–Crippen MR) is 64.0 cm³/mol. The Morgan fingerprint density at radius 2 is 2.00 bits per heavy atom. The van der Waals surface area contributed by atoms with Crippen molar-refractivity contribution < 1.29 is 13.2 Å². The standard InChI is InChI=1S/C9H15N5O3S/c1-12-3-4-14(5-7(12)15)18(16,17)9-8(10)11-6-13(9)2/h6H,3-5,10H2,1-2H3. The number of likely N-dealkylation sites (N-methyl/N-ethyl adjacent to an activating group) is 1. The number of imidazole rings is 1. The molecular weight excluding hydrogens is 258 g/mol. The van der Waals surface area contributed by atoms with E-state index < -0.39 is 10.0 Å². The molecule has 0 saturated carbocycles. The van der Waals surface area contributed by atoms with E-state index in [-0.39, 0.29) is 29.8 Å². The first-order chi connectivity index (χ1) is 8.34. The highest BCUT2D eigenvalue weighted by Crippen LogP contribution is 2.21. The van der Waals surface area contributed by atoms with Crippen LogP contribution in [0.25, 0.3) is 0 Å². The fraction of sp³-hybridized carbons (Fsp3) is 0.556. The molecule has 1 aliphatic rings. The minimum Gasteiger partial charge on any atom is -0.381 e. The van der Waals surface area contributed by atoms with Gasteiger partial charge in [-0.15, -0.1) is 0 Å². The number of rotatable bonds is 2. The third-order valence-corrected chi connectivity index (χ3v) is 4.89. The van der Waals surface area contributed by atoms with Crippen molar-refractivity contribution in [3.05, 3.63) is 6.33 Å². The van der Waals surface area contributed by atoms with Crippen LogP contribution in [0.1, 0.15) is 0 Å². The Kier molecular flexibility index (Phi) is 3.03. The Morgan fingerprint density at radius 1 is 1.33 bits per heavy atom. The Bertz CT molecular complexity index is 560. The summed E-state index contributed by atoms with van der Waals surface area (Å²) >= 11 is 0. The molecular formula is C9H15N5O3S. The molecule has 0 aromatic carbocycles. The molecule has 1 aromatic heterocycles. The molecule has 100 valence electrons. The number of carbonyl (C=O) groups excluding carboxylic acids is 1. The van der Waals surface area contributed by atoms with Crippen molar-refractivity contribution in [3.63, 3.8) is 0 Å². The Balaban J connectivity index is 2.36. The Morgan fingerprint density at radius 3 is 2.50 bits per heavy atom. The van der Waals surface area contributed by atoms with Gasteiger partial charge in [-0.3, -0.25) is 4.79 Å². The van der Waals surface area contributed by atoms with E-state index >= 15 is 0 Å². The quantitative estimate of drug-likeness (QED) is 0.704. The van der Waals surface area contributed by atoms with Crippen molar-refractivity contribution in [2.45, 2.75) is 5.03 Å². The summed E-state index contributed by atoms with van der Waals surface area (Å²) in [6, 6.07) is 0. The van der Waals surface area contributed by atoms with Crippen LogP contribution >= 0.6 is 0 Å². The molecule has 1 aliphatic heterocycles. The van der Waals surface area contributed by atoms with Crippen LogP contribution in [0.2, 0.25) is 0 Å². The number of nitrogens with zero attached hydrogens (tertiary/aromatic N) is 4. The molecule has 2 N–H and O–H groups in total. The number of aromatic nitrogens is 2. The molecule has 9 heteroatoms. The molecule has 8 nitrogen and oxygen atoms in total. The first-order valence-electron chi connectivity index (χ1n) is 5.35. The van der Waals surface area contributed by atoms with Gasteiger partial charge in [-0.2, -0.15) is 4.31 Å². The maximum absolute atomic E-state index is 12.4. The molecule has 0 bridgehead atoms. The van der Waals surface area contributed by atoms with Gasteiger partial charge in [-0.1, -0.05) is 0 Å². The fourth-order valence-electron chi connectivity index (χ4n) is 1.82. The van der Waals surface area contributed by atoms with Crippen LogP contribution in [0, 0.1) is 0 Å². The largest absolute Gasteiger partial charge is 0.381 e. The SMILES string of the molecule is CN1CCN(S(=O)(=O)c2c(N)ncn2C)CC1=O. The van der Waals surface area contributed by atoms with E-state index in [1.165, 1.54) is 15.8 Å². The van der Waals surface area contributed by atoms with Crippen LogP contribution in [-0.4, -0.2) is 59.8 Å². The van der Waals surface area contributed by atoms with E-state index in [0.29, 0.717) is 6.54 Å². The minimum atomic E-state index is -3.78. The third-order valence-electron chi connectivity index (χ3n) is 2.92. The van der Waals surface area contributed by atoms with Crippen LogP contribution in [0.4, 0.5) is 5.82 Å². The van der Waals surface area contributed by atoms with E-state index in [9.17, 15) is 13.2 Å². The third kappa shape index (κ3) is 1.95. The van der Waals surface area contributed by atoms with Gasteiger partial charge >= 0.3 is 0 Å². The topological polar surface area (TPSA) is 102 Å². The van der Waals surface area contributed by atoms with Crippen LogP contribution in [-0.2, 0) is 21.9 Å². The van der Waals surface area contributed by atoms with Gasteiger partial charge in [0.15, 0.2) is 10.8 Å². The number of carbonyl (C=O) groups is 1. The molecule has 0 atom stereocenters. The second-order valence-electron chi connectivity index (χ2n) is 4.20. The van der Waals surface area contributed by atoms with Crippen molar-refractivity contribution in [3.8, 4) is 0 Å². The van der Waals surface area contributed by atoms with Crippen molar-refractivity contribution in [1.29, 1.82) is 0 Å². The van der Waals surface area contributed by atoms with Crippen LogP contribution in [0.15, 0.2) is 11.4 Å². The lowest BCUT2D eigenvalue weighted by Gasteiger charge is -2.31. The number of hydrogen-bond donors (Lipinski definition) is 1. The van der Waals surface area contributed by atoms with Crippen molar-refractivity contribution in [1.82, 2.24) is 18.8 Å². The predicted octanol–water partition coefficient (Wildman–Crippen LogP) is -1.53. The normalized spacial score (nSPS) is 18.3. The van der Waals surface area contributed by atoms with Gasteiger partial charge in [-0.25, -0.2) is 13.4 Å². The number of anilines is 1. The molecule has 0 aliphatic carbocycles. The smallest absolute Gasteiger partial charge is 0.263 e. The summed E-state index contributed by atoms with van der Waals surface area (Å²) in [4.78, 5) is 16.8. The Labute approximate surface area is 105 Å². The van der Waals surface area contributed by atoms with Gasteiger partial charge < -0.3 is 15.2 Å². The highest BCUT2D eigenvalue weighted by Gasteiger charge is 2.34. The highest BCUT2D eigenvalue weighted by atomic mass is 32.2. The average molecular weight is 273 g/mol. The second-order valence-corrected chi connectivity index (χ2v) is 6.05. The van der Waals surface area contributed by atoms with Crippen molar-refractivity contribution in [2.75, 3.05) is 32.4 Å². The van der Waals surface area contributed by atoms with Gasteiger partial charge in [0.2, 0.25) is 5.91 Å². The van der Waals surface area contributed by atoms with E-state index in [1.54, 1.807) is 14.1 Å². The van der Waals surface area contributed by atoms with Crippen LogP contribution < -0.4 is 5.73 Å². The van der Waals surface area contributed by atoms with E-state index in [1.807, 2.05) is 0 Å². The first kappa shape index (κ1) is 12.8. The number of aryl methyl sites for hydroxylation is 1. The van der Waals surface area contributed by atoms with Crippen LogP contribution in [0.3, 0.4) is 0 Å². The first-order valence-corrected chi connectivity index (χ1v) is 6.79. The number of amides is 1. The molecule has 1 saturated heterocycles. The lowest BCUT2D eigenvalue weighted by atomic mass is 10.4.